The molecule has 0 spiro atoms. The first-order valence-corrected chi connectivity index (χ1v) is 23.6. The molecule has 1 fully saturated rings. The van der Waals surface area contributed by atoms with Crippen LogP contribution in [0.3, 0.4) is 0 Å². The second-order valence-electron chi connectivity index (χ2n) is 19.6. The molecule has 0 bridgehead atoms. The summed E-state index contributed by atoms with van der Waals surface area (Å²) in [4.78, 5) is 12.6. The van der Waals surface area contributed by atoms with Gasteiger partial charge in [0.1, 0.15) is 17.5 Å². The number of hydrogen-bond acceptors (Lipinski definition) is 6. The van der Waals surface area contributed by atoms with Crippen LogP contribution in [0.4, 0.5) is 0 Å². The molecule has 3 aliphatic rings. The highest BCUT2D eigenvalue weighted by Gasteiger charge is 2.58. The molecule has 1 aliphatic heterocycles. The third kappa shape index (κ3) is 17.2. The fourth-order valence-electron chi connectivity index (χ4n) is 9.21. The summed E-state index contributed by atoms with van der Waals surface area (Å²) in [5, 5.41) is 32.7. The van der Waals surface area contributed by atoms with Gasteiger partial charge in [-0.1, -0.05) is 172 Å². The zero-order valence-electron chi connectivity index (χ0n) is 39.6. The molecule has 4 unspecified atom stereocenters. The van der Waals surface area contributed by atoms with Gasteiger partial charge in [0.05, 0.1) is 23.5 Å². The Morgan fingerprint density at radius 2 is 1.43 bits per heavy atom. The van der Waals surface area contributed by atoms with E-state index in [1.165, 1.54) is 120 Å². The summed E-state index contributed by atoms with van der Waals surface area (Å²) in [6, 6.07) is 0. The minimum Gasteiger partial charge on any atom is -0.498 e. The molecule has 0 saturated heterocycles. The van der Waals surface area contributed by atoms with Crippen LogP contribution >= 0.6 is 0 Å². The monoisotopic (exact) mass is 839 g/mol. The number of hydrogen-bond donors (Lipinski definition) is 3. The van der Waals surface area contributed by atoms with Gasteiger partial charge in [0.2, 0.25) is 0 Å². The fourth-order valence-corrected chi connectivity index (χ4v) is 9.21. The molecule has 3 N–H and O–H groups in total. The normalized spacial score (nSPS) is 26.5. The summed E-state index contributed by atoms with van der Waals surface area (Å²) in [6.45, 7) is 18.1. The molecule has 6 nitrogen and oxygen atoms in total. The minimum atomic E-state index is -1.65. The van der Waals surface area contributed by atoms with Gasteiger partial charge >= 0.3 is 5.97 Å². The van der Waals surface area contributed by atoms with Crippen molar-refractivity contribution in [1.82, 2.24) is 0 Å². The van der Waals surface area contributed by atoms with Crippen molar-refractivity contribution in [3.63, 3.8) is 0 Å². The molecule has 2 aliphatic carbocycles. The maximum Gasteiger partial charge on any atom is 0.343 e. The van der Waals surface area contributed by atoms with Gasteiger partial charge in [-0.2, -0.15) is 0 Å². The largest absolute Gasteiger partial charge is 0.498 e. The van der Waals surface area contributed by atoms with Crippen LogP contribution in [0.15, 0.2) is 107 Å². The Bertz CT molecular complexity index is 1740. The number of carbonyl (C=O) groups excluding carboxylic acids is 1. The first-order valence-electron chi connectivity index (χ1n) is 23.6. The quantitative estimate of drug-likeness (QED) is 0.0312. The van der Waals surface area contributed by atoms with Gasteiger partial charge in [-0.3, -0.25) is 0 Å². The lowest BCUT2D eigenvalue weighted by atomic mass is 9.57. The van der Waals surface area contributed by atoms with E-state index in [9.17, 15) is 20.1 Å². The van der Waals surface area contributed by atoms with Gasteiger partial charge in [0.25, 0.3) is 0 Å². The van der Waals surface area contributed by atoms with Gasteiger partial charge in [-0.05, 0) is 94.9 Å². The van der Waals surface area contributed by atoms with E-state index in [2.05, 4.69) is 45.6 Å². The van der Waals surface area contributed by atoms with Crippen molar-refractivity contribution in [1.29, 1.82) is 0 Å². The molecule has 61 heavy (non-hydrogen) atoms. The number of ether oxygens (including phenoxy) is 2. The van der Waals surface area contributed by atoms with Crippen LogP contribution < -0.4 is 0 Å². The maximum atomic E-state index is 12.6. The number of aliphatic hydroxyl groups excluding tert-OH is 1. The number of aliphatic hydroxyl groups is 3. The Morgan fingerprint density at radius 1 is 0.836 bits per heavy atom. The van der Waals surface area contributed by atoms with Gasteiger partial charge in [0, 0.05) is 29.2 Å². The lowest BCUT2D eigenvalue weighted by molar-refractivity contribution is -0.216. The summed E-state index contributed by atoms with van der Waals surface area (Å²) in [5.41, 5.74) is 0.600. The second-order valence-corrected chi connectivity index (χ2v) is 19.6. The molecular formula is C55H82O6. The number of carbonyl (C=O) groups is 1. The standard InChI is InChI=1S/C55H82O6/c1-10-11-12-13-14-15-16-17-18-19-20-21-22-23-26-29-36-60-49-38-45(4)50(52(5,6)42-49)33-32-43(2)30-27-24-25-28-31-44(3)37-48-39-46(51(57)61-48)34-35-55(59)53(7,8)40-47(56)41-54(55,9)58/h24-25,27-31,34-37,39,47,49,56,58-59H,10-23,26,38,40-42H2,1-9H3. The number of rotatable bonds is 23. The molecule has 0 aromatic heterocycles. The Balaban J connectivity index is 1.40. The number of cyclic esters (lactones) is 1. The first kappa shape index (κ1) is 51.7. The molecule has 1 heterocycles. The lowest BCUT2D eigenvalue weighted by Crippen LogP contribution is -2.65. The molecule has 6 heteroatoms. The average molecular weight is 839 g/mol. The van der Waals surface area contributed by atoms with Crippen LogP contribution in [0.25, 0.3) is 0 Å². The molecule has 0 radical (unpaired) electrons. The molecular weight excluding hydrogens is 757 g/mol. The van der Waals surface area contributed by atoms with Crippen LogP contribution in [0.1, 0.15) is 184 Å². The summed E-state index contributed by atoms with van der Waals surface area (Å²) in [7, 11) is 0. The lowest BCUT2D eigenvalue weighted by Gasteiger charge is -2.54. The van der Waals surface area contributed by atoms with Crippen molar-refractivity contribution in [2.24, 2.45) is 10.8 Å². The van der Waals surface area contributed by atoms with Crippen molar-refractivity contribution < 1.29 is 29.6 Å². The van der Waals surface area contributed by atoms with Crippen molar-refractivity contribution >= 4 is 5.97 Å². The Hall–Kier alpha value is -3.63. The molecule has 1 saturated carbocycles. The second kappa shape index (κ2) is 25.5. The molecule has 0 aromatic rings. The minimum absolute atomic E-state index is 0.0359. The smallest absolute Gasteiger partial charge is 0.343 e. The van der Waals surface area contributed by atoms with Crippen LogP contribution in [-0.4, -0.2) is 44.7 Å². The van der Waals surface area contributed by atoms with Crippen LogP contribution in [0.5, 0.6) is 0 Å². The predicted octanol–water partition coefficient (Wildman–Crippen LogP) is 13.5. The highest BCUT2D eigenvalue weighted by molar-refractivity contribution is 5.95. The highest BCUT2D eigenvalue weighted by atomic mass is 16.5. The Morgan fingerprint density at radius 3 is 2.02 bits per heavy atom. The maximum absolute atomic E-state index is 12.6. The summed E-state index contributed by atoms with van der Waals surface area (Å²) >= 11 is 0. The Kier molecular flexibility index (Phi) is 21.6. The van der Waals surface area contributed by atoms with E-state index in [1.54, 1.807) is 26.0 Å². The summed E-state index contributed by atoms with van der Waals surface area (Å²) in [5.74, 6) is 6.73. The highest BCUT2D eigenvalue weighted by Crippen LogP contribution is 2.50. The van der Waals surface area contributed by atoms with E-state index in [1.807, 2.05) is 56.6 Å². The zero-order chi connectivity index (χ0) is 44.9. The number of esters is 1. The molecule has 338 valence electrons. The number of allylic oxidation sites excluding steroid dienone is 12. The van der Waals surface area contributed by atoms with Gasteiger partial charge in [-0.25, -0.2) is 4.79 Å². The van der Waals surface area contributed by atoms with Crippen LogP contribution in [0, 0.1) is 22.7 Å². The van der Waals surface area contributed by atoms with E-state index in [-0.39, 0.29) is 23.5 Å². The van der Waals surface area contributed by atoms with Crippen molar-refractivity contribution in [2.45, 2.75) is 208 Å². The first-order chi connectivity index (χ1) is 28.9. The van der Waals surface area contributed by atoms with E-state index in [0.717, 1.165) is 30.4 Å². The van der Waals surface area contributed by atoms with Crippen molar-refractivity contribution in [3.05, 3.63) is 107 Å². The van der Waals surface area contributed by atoms with Crippen molar-refractivity contribution in [3.8, 4) is 11.8 Å². The average Bonchev–Trinajstić information content (AvgIpc) is 3.52. The third-order valence-electron chi connectivity index (χ3n) is 12.7. The molecule has 3 rings (SSSR count). The SMILES string of the molecule is CCCCCCCCCCCCCCCCC=COC1CC(C)=C(C#CC(C)=CC=CC=CC=C(C)C=C2C=C(C=CC3(O)C(C)(C)CC(O)CC3(C)O)C(=O)O2)C(C)(C)C1. The van der Waals surface area contributed by atoms with Gasteiger partial charge < -0.3 is 24.8 Å². The molecule has 0 aromatic carbocycles. The fraction of sp³-hybridized carbons (Fsp3) is 0.618. The van der Waals surface area contributed by atoms with Gasteiger partial charge in [-0.15, -0.1) is 0 Å². The Labute approximate surface area is 371 Å². The van der Waals surface area contributed by atoms with Crippen molar-refractivity contribution in [2.75, 3.05) is 0 Å². The third-order valence-corrected chi connectivity index (χ3v) is 12.7. The number of unbranched alkanes of at least 4 members (excludes halogenated alkanes) is 14. The van der Waals surface area contributed by atoms with E-state index < -0.39 is 28.7 Å². The van der Waals surface area contributed by atoms with Gasteiger partial charge in [0.15, 0.2) is 0 Å². The predicted molar refractivity (Wildman–Crippen MR) is 254 cm³/mol. The van der Waals surface area contributed by atoms with Crippen LogP contribution in [-0.2, 0) is 14.3 Å². The van der Waals surface area contributed by atoms with E-state index >= 15 is 0 Å². The molecule has 4 atom stereocenters. The van der Waals surface area contributed by atoms with E-state index in [0.29, 0.717) is 12.2 Å². The topological polar surface area (TPSA) is 96.2 Å². The molecule has 0 amide bonds. The summed E-state index contributed by atoms with van der Waals surface area (Å²) < 4.78 is 11.7. The van der Waals surface area contributed by atoms with Crippen LogP contribution in [0.2, 0.25) is 0 Å². The zero-order valence-corrected chi connectivity index (χ0v) is 39.6. The summed E-state index contributed by atoms with van der Waals surface area (Å²) in [6.07, 6.45) is 44.4. The van der Waals surface area contributed by atoms with E-state index in [4.69, 9.17) is 9.47 Å².